The van der Waals surface area contributed by atoms with Gasteiger partial charge in [-0.05, 0) is 11.4 Å². The molecule has 1 fully saturated rings. The van der Waals surface area contributed by atoms with Crippen molar-refractivity contribution >= 4 is 39.2 Å². The van der Waals surface area contributed by atoms with Gasteiger partial charge in [-0.25, -0.2) is 15.8 Å². The molecule has 1 aliphatic heterocycles. The van der Waals surface area contributed by atoms with Gasteiger partial charge in [0.15, 0.2) is 11.6 Å². The third-order valence-corrected chi connectivity index (χ3v) is 4.33. The van der Waals surface area contributed by atoms with E-state index in [2.05, 4.69) is 15.4 Å². The number of nitrogens with one attached hydrogen (secondary N) is 1. The average Bonchev–Trinajstić information content (AvgIpc) is 2.96. The minimum Gasteiger partial charge on any atom is -0.308 e. The Hall–Kier alpha value is -2.06. The summed E-state index contributed by atoms with van der Waals surface area (Å²) in [6.07, 6.45) is 0.217. The summed E-state index contributed by atoms with van der Waals surface area (Å²) in [5.41, 5.74) is 1.87. The van der Waals surface area contributed by atoms with E-state index in [0.29, 0.717) is 11.6 Å². The molecule has 0 saturated carbocycles. The van der Waals surface area contributed by atoms with Crippen molar-refractivity contribution in [1.82, 2.24) is 14.9 Å². The van der Waals surface area contributed by atoms with Crippen molar-refractivity contribution in [1.29, 1.82) is 0 Å². The summed E-state index contributed by atoms with van der Waals surface area (Å²) in [6, 6.07) is 1.87. The Balaban J connectivity index is 1.95. The molecule has 2 aromatic rings. The van der Waals surface area contributed by atoms with Crippen molar-refractivity contribution < 1.29 is 9.59 Å². The normalized spacial score (nSPS) is 17.8. The monoisotopic (exact) mass is 305 g/mol. The molecular weight excluding hydrogens is 290 g/mol. The molecular formula is C13H15N5O2S. The number of nitrogens with two attached hydrogens (primary N) is 1. The lowest BCUT2D eigenvalue weighted by molar-refractivity contribution is -0.141. The van der Waals surface area contributed by atoms with Gasteiger partial charge in [-0.2, -0.15) is 0 Å². The number of thiophene rings is 1. The maximum Gasteiger partial charge on any atom is 0.235 e. The fourth-order valence-corrected chi connectivity index (χ4v) is 3.19. The Morgan fingerprint density at radius 3 is 2.81 bits per heavy atom. The molecule has 1 saturated heterocycles. The van der Waals surface area contributed by atoms with Crippen LogP contribution in [-0.2, 0) is 16.1 Å². The SMILES string of the molecule is CC1(C)CC(=O)N(Cc2nc(NN)c3ccsc3n2)C1=O. The largest absolute Gasteiger partial charge is 0.308 e. The molecule has 0 spiro atoms. The number of rotatable bonds is 3. The number of hydrogen-bond donors (Lipinski definition) is 2. The van der Waals surface area contributed by atoms with Crippen LogP contribution in [0.2, 0.25) is 0 Å². The summed E-state index contributed by atoms with van der Waals surface area (Å²) < 4.78 is 0. The third-order valence-electron chi connectivity index (χ3n) is 3.53. The van der Waals surface area contributed by atoms with Crippen LogP contribution in [0, 0.1) is 5.41 Å². The van der Waals surface area contributed by atoms with Gasteiger partial charge in [-0.1, -0.05) is 13.8 Å². The van der Waals surface area contributed by atoms with Crippen molar-refractivity contribution in [3.05, 3.63) is 17.3 Å². The quantitative estimate of drug-likeness (QED) is 0.503. The van der Waals surface area contributed by atoms with E-state index in [9.17, 15) is 9.59 Å². The van der Waals surface area contributed by atoms with Gasteiger partial charge in [-0.3, -0.25) is 14.5 Å². The van der Waals surface area contributed by atoms with Crippen LogP contribution in [0.5, 0.6) is 0 Å². The zero-order chi connectivity index (χ0) is 15.2. The van der Waals surface area contributed by atoms with E-state index >= 15 is 0 Å². The highest BCUT2D eigenvalue weighted by molar-refractivity contribution is 7.16. The molecule has 2 amide bonds. The number of hydrazine groups is 1. The van der Waals surface area contributed by atoms with Crippen LogP contribution in [0.25, 0.3) is 10.2 Å². The molecule has 0 unspecified atom stereocenters. The molecule has 0 aromatic carbocycles. The van der Waals surface area contributed by atoms with Gasteiger partial charge in [0.25, 0.3) is 0 Å². The maximum atomic E-state index is 12.2. The van der Waals surface area contributed by atoms with Crippen LogP contribution in [0.1, 0.15) is 26.1 Å². The summed E-state index contributed by atoms with van der Waals surface area (Å²) in [5.74, 6) is 5.98. The standard InChI is InChI=1S/C13H15N5O2S/c1-13(2)5-9(19)18(12(13)20)6-8-15-10(17-14)7-3-4-21-11(7)16-8/h3-4H,5-6,14H2,1-2H3,(H,15,16,17). The van der Waals surface area contributed by atoms with E-state index in [1.165, 1.54) is 16.2 Å². The third kappa shape index (κ3) is 2.26. The number of likely N-dealkylation sites (tertiary alicyclic amines) is 1. The minimum absolute atomic E-state index is 0.0730. The van der Waals surface area contributed by atoms with Crippen molar-refractivity contribution in [2.24, 2.45) is 11.3 Å². The van der Waals surface area contributed by atoms with E-state index in [0.717, 1.165) is 10.2 Å². The Morgan fingerprint density at radius 2 is 2.19 bits per heavy atom. The molecule has 0 bridgehead atoms. The topological polar surface area (TPSA) is 101 Å². The number of hydrogen-bond acceptors (Lipinski definition) is 7. The highest BCUT2D eigenvalue weighted by Gasteiger charge is 2.44. The zero-order valence-corrected chi connectivity index (χ0v) is 12.5. The lowest BCUT2D eigenvalue weighted by Crippen LogP contribution is -2.33. The van der Waals surface area contributed by atoms with Crippen LogP contribution in [0.3, 0.4) is 0 Å². The molecule has 7 nitrogen and oxygen atoms in total. The molecule has 3 N–H and O–H groups in total. The van der Waals surface area contributed by atoms with Gasteiger partial charge in [0.05, 0.1) is 17.3 Å². The molecule has 0 aliphatic carbocycles. The highest BCUT2D eigenvalue weighted by atomic mass is 32.1. The Kier molecular flexibility index (Phi) is 3.14. The predicted molar refractivity (Wildman–Crippen MR) is 79.2 cm³/mol. The average molecular weight is 305 g/mol. The number of carbonyl (C=O) groups is 2. The van der Waals surface area contributed by atoms with E-state index in [-0.39, 0.29) is 24.8 Å². The van der Waals surface area contributed by atoms with Gasteiger partial charge in [-0.15, -0.1) is 11.3 Å². The number of carbonyl (C=O) groups excluding carboxylic acids is 2. The highest BCUT2D eigenvalue weighted by Crippen LogP contribution is 2.33. The summed E-state index contributed by atoms with van der Waals surface area (Å²) in [5, 5.41) is 2.71. The molecule has 0 radical (unpaired) electrons. The number of nitrogens with zero attached hydrogens (tertiary/aromatic N) is 3. The lowest BCUT2D eigenvalue weighted by atomic mass is 9.92. The lowest BCUT2D eigenvalue weighted by Gasteiger charge is -2.17. The van der Waals surface area contributed by atoms with Crippen molar-refractivity contribution in [2.75, 3.05) is 5.43 Å². The molecule has 8 heteroatoms. The predicted octanol–water partition coefficient (Wildman–Crippen LogP) is 1.26. The molecule has 0 atom stereocenters. The van der Waals surface area contributed by atoms with E-state index in [1.54, 1.807) is 13.8 Å². The first-order valence-corrected chi connectivity index (χ1v) is 7.36. The van der Waals surface area contributed by atoms with Gasteiger partial charge < -0.3 is 5.43 Å². The van der Waals surface area contributed by atoms with E-state index in [1.807, 2.05) is 11.4 Å². The number of amides is 2. The van der Waals surface area contributed by atoms with Crippen LogP contribution < -0.4 is 11.3 Å². The Labute approximate surface area is 125 Å². The number of fused-ring (bicyclic) bond motifs is 1. The second-order valence-corrected chi connectivity index (χ2v) is 6.51. The fraction of sp³-hybridized carbons (Fsp3) is 0.385. The maximum absolute atomic E-state index is 12.2. The second-order valence-electron chi connectivity index (χ2n) is 5.62. The second kappa shape index (κ2) is 4.74. The Morgan fingerprint density at radius 1 is 1.43 bits per heavy atom. The number of anilines is 1. The molecule has 2 aromatic heterocycles. The first-order valence-electron chi connectivity index (χ1n) is 6.48. The van der Waals surface area contributed by atoms with Crippen LogP contribution in [0.15, 0.2) is 11.4 Å². The smallest absolute Gasteiger partial charge is 0.235 e. The summed E-state index contributed by atoms with van der Waals surface area (Å²) in [4.78, 5) is 34.9. The number of imide groups is 1. The van der Waals surface area contributed by atoms with Crippen molar-refractivity contribution in [2.45, 2.75) is 26.8 Å². The fourth-order valence-electron chi connectivity index (χ4n) is 2.41. The van der Waals surface area contributed by atoms with Crippen molar-refractivity contribution in [3.63, 3.8) is 0 Å². The number of nitrogen functional groups attached to an aromatic ring is 1. The van der Waals surface area contributed by atoms with Crippen LogP contribution >= 0.6 is 11.3 Å². The first kappa shape index (κ1) is 13.9. The zero-order valence-electron chi connectivity index (χ0n) is 11.7. The molecule has 3 rings (SSSR count). The minimum atomic E-state index is -0.654. The first-order chi connectivity index (χ1) is 9.92. The summed E-state index contributed by atoms with van der Waals surface area (Å²) in [6.45, 7) is 3.61. The van der Waals surface area contributed by atoms with E-state index in [4.69, 9.17) is 5.84 Å². The van der Waals surface area contributed by atoms with E-state index < -0.39 is 5.41 Å². The van der Waals surface area contributed by atoms with Gasteiger partial charge in [0.1, 0.15) is 4.83 Å². The van der Waals surface area contributed by atoms with Gasteiger partial charge in [0, 0.05) is 6.42 Å². The summed E-state index contributed by atoms with van der Waals surface area (Å²) >= 11 is 1.46. The molecule has 110 valence electrons. The van der Waals surface area contributed by atoms with Crippen molar-refractivity contribution in [3.8, 4) is 0 Å². The van der Waals surface area contributed by atoms with Gasteiger partial charge >= 0.3 is 0 Å². The van der Waals surface area contributed by atoms with Crippen LogP contribution in [-0.4, -0.2) is 26.7 Å². The summed E-state index contributed by atoms with van der Waals surface area (Å²) in [7, 11) is 0. The Bertz CT molecular complexity index is 739. The number of aromatic nitrogens is 2. The molecule has 21 heavy (non-hydrogen) atoms. The van der Waals surface area contributed by atoms with Crippen LogP contribution in [0.4, 0.5) is 5.82 Å². The molecule has 1 aliphatic rings. The van der Waals surface area contributed by atoms with Gasteiger partial charge in [0.2, 0.25) is 11.8 Å². The molecule has 3 heterocycles.